The Kier molecular flexibility index (Phi) is 4.93. The first-order chi connectivity index (χ1) is 11.3. The molecule has 1 atom stereocenters. The van der Waals surface area contributed by atoms with Crippen LogP contribution < -0.4 is 10.6 Å². The van der Waals surface area contributed by atoms with E-state index in [0.717, 1.165) is 30.6 Å². The molecule has 1 heterocycles. The maximum atomic E-state index is 12.7. The molecule has 4 nitrogen and oxygen atoms in total. The van der Waals surface area contributed by atoms with Crippen LogP contribution in [0.1, 0.15) is 23.6 Å². The van der Waals surface area contributed by atoms with E-state index in [1.807, 2.05) is 48.3 Å². The number of hydrogen-bond donors (Lipinski definition) is 2. The first-order valence-corrected chi connectivity index (χ1v) is 8.09. The molecule has 3 rings (SSSR count). The molecule has 0 bridgehead atoms. The van der Waals surface area contributed by atoms with Gasteiger partial charge in [0.15, 0.2) is 0 Å². The van der Waals surface area contributed by atoms with Crippen LogP contribution >= 0.6 is 0 Å². The van der Waals surface area contributed by atoms with Gasteiger partial charge in [0.25, 0.3) is 0 Å². The van der Waals surface area contributed by atoms with Gasteiger partial charge in [0, 0.05) is 19.6 Å². The van der Waals surface area contributed by atoms with Crippen molar-refractivity contribution in [3.8, 4) is 0 Å². The van der Waals surface area contributed by atoms with Gasteiger partial charge >= 0.3 is 6.03 Å². The summed E-state index contributed by atoms with van der Waals surface area (Å²) >= 11 is 0. The van der Waals surface area contributed by atoms with Crippen molar-refractivity contribution in [3.05, 3.63) is 71.8 Å². The predicted octanol–water partition coefficient (Wildman–Crippen LogP) is 2.78. The van der Waals surface area contributed by atoms with Gasteiger partial charge in [-0.25, -0.2) is 4.79 Å². The Labute approximate surface area is 137 Å². The van der Waals surface area contributed by atoms with E-state index in [1.165, 1.54) is 0 Å². The van der Waals surface area contributed by atoms with Gasteiger partial charge in [-0.2, -0.15) is 0 Å². The van der Waals surface area contributed by atoms with Gasteiger partial charge in [0.2, 0.25) is 0 Å². The van der Waals surface area contributed by atoms with Crippen molar-refractivity contribution in [1.82, 2.24) is 15.5 Å². The fourth-order valence-corrected chi connectivity index (χ4v) is 3.01. The molecule has 0 aliphatic carbocycles. The van der Waals surface area contributed by atoms with Gasteiger partial charge in [-0.15, -0.1) is 0 Å². The summed E-state index contributed by atoms with van der Waals surface area (Å²) in [6, 6.07) is 20.3. The van der Waals surface area contributed by atoms with E-state index in [0.29, 0.717) is 0 Å². The molecule has 2 aromatic rings. The highest BCUT2D eigenvalue weighted by atomic mass is 16.2. The Morgan fingerprint density at radius 1 is 1.09 bits per heavy atom. The standard InChI is InChI=1S/C19H23N3O/c1-22(17-12-13-20-14-17)19(23)21-18(15-8-4-2-5-9-15)16-10-6-3-7-11-16/h2-11,17-18,20H,12-14H2,1H3,(H,21,23). The molecule has 0 radical (unpaired) electrons. The molecule has 1 saturated heterocycles. The smallest absolute Gasteiger partial charge is 0.318 e. The van der Waals surface area contributed by atoms with Crippen LogP contribution in [-0.4, -0.2) is 37.1 Å². The van der Waals surface area contributed by atoms with Crippen molar-refractivity contribution in [2.75, 3.05) is 20.1 Å². The summed E-state index contributed by atoms with van der Waals surface area (Å²) in [5.41, 5.74) is 2.18. The molecule has 23 heavy (non-hydrogen) atoms. The topological polar surface area (TPSA) is 44.4 Å². The number of likely N-dealkylation sites (N-methyl/N-ethyl adjacent to an activating group) is 1. The molecule has 1 unspecified atom stereocenters. The summed E-state index contributed by atoms with van der Waals surface area (Å²) in [5, 5.41) is 6.49. The van der Waals surface area contributed by atoms with Gasteiger partial charge in [0.05, 0.1) is 6.04 Å². The van der Waals surface area contributed by atoms with Crippen molar-refractivity contribution < 1.29 is 4.79 Å². The van der Waals surface area contributed by atoms with E-state index in [9.17, 15) is 4.79 Å². The summed E-state index contributed by atoms with van der Waals surface area (Å²) in [4.78, 5) is 14.5. The molecule has 2 amide bonds. The van der Waals surface area contributed by atoms with Gasteiger partial charge in [-0.1, -0.05) is 60.7 Å². The second kappa shape index (κ2) is 7.29. The van der Waals surface area contributed by atoms with E-state index in [4.69, 9.17) is 0 Å². The average Bonchev–Trinajstić information content (AvgIpc) is 3.15. The summed E-state index contributed by atoms with van der Waals surface area (Å²) in [6.45, 7) is 1.84. The number of benzene rings is 2. The fourth-order valence-electron chi connectivity index (χ4n) is 3.01. The zero-order valence-corrected chi connectivity index (χ0v) is 13.4. The van der Waals surface area contributed by atoms with Crippen LogP contribution in [0, 0.1) is 0 Å². The lowest BCUT2D eigenvalue weighted by Crippen LogP contribution is -2.45. The molecule has 0 spiro atoms. The van der Waals surface area contributed by atoms with Crippen molar-refractivity contribution in [2.24, 2.45) is 0 Å². The zero-order valence-electron chi connectivity index (χ0n) is 13.4. The number of nitrogens with zero attached hydrogens (tertiary/aromatic N) is 1. The Morgan fingerprint density at radius 2 is 1.65 bits per heavy atom. The minimum absolute atomic E-state index is 0.0311. The average molecular weight is 309 g/mol. The molecular weight excluding hydrogens is 286 g/mol. The number of nitrogens with one attached hydrogen (secondary N) is 2. The maximum absolute atomic E-state index is 12.7. The van der Waals surface area contributed by atoms with Crippen molar-refractivity contribution in [2.45, 2.75) is 18.5 Å². The third-order valence-electron chi connectivity index (χ3n) is 4.44. The van der Waals surface area contributed by atoms with Crippen LogP contribution in [0.25, 0.3) is 0 Å². The lowest BCUT2D eigenvalue weighted by molar-refractivity contribution is 0.191. The van der Waals surface area contributed by atoms with Crippen LogP contribution in [0.4, 0.5) is 4.79 Å². The molecule has 0 saturated carbocycles. The Hall–Kier alpha value is -2.33. The Balaban J connectivity index is 1.80. The molecule has 2 aromatic carbocycles. The van der Waals surface area contributed by atoms with Crippen LogP contribution in [-0.2, 0) is 0 Å². The number of amides is 2. The minimum Gasteiger partial charge on any atom is -0.327 e. The quantitative estimate of drug-likeness (QED) is 0.912. The normalized spacial score (nSPS) is 17.2. The Bertz CT molecular complexity index is 584. The third-order valence-corrected chi connectivity index (χ3v) is 4.44. The van der Waals surface area contributed by atoms with Crippen LogP contribution in [0.2, 0.25) is 0 Å². The van der Waals surface area contributed by atoms with E-state index >= 15 is 0 Å². The van der Waals surface area contributed by atoms with Crippen LogP contribution in [0.3, 0.4) is 0 Å². The fraction of sp³-hybridized carbons (Fsp3) is 0.316. The van der Waals surface area contributed by atoms with Crippen molar-refractivity contribution in [1.29, 1.82) is 0 Å². The van der Waals surface area contributed by atoms with Crippen LogP contribution in [0.15, 0.2) is 60.7 Å². The SMILES string of the molecule is CN(C(=O)NC(c1ccccc1)c1ccccc1)C1CCNC1. The van der Waals surface area contributed by atoms with Crippen molar-refractivity contribution >= 4 is 6.03 Å². The lowest BCUT2D eigenvalue weighted by atomic mass is 9.99. The van der Waals surface area contributed by atoms with Gasteiger partial charge in [0.1, 0.15) is 0 Å². The molecule has 1 aliphatic rings. The lowest BCUT2D eigenvalue weighted by Gasteiger charge is -2.28. The molecule has 1 aliphatic heterocycles. The number of rotatable bonds is 4. The number of hydrogen-bond acceptors (Lipinski definition) is 2. The molecule has 2 N–H and O–H groups in total. The first kappa shape index (κ1) is 15.6. The summed E-state index contributed by atoms with van der Waals surface area (Å²) in [7, 11) is 1.88. The van der Waals surface area contributed by atoms with Crippen molar-refractivity contribution in [3.63, 3.8) is 0 Å². The van der Waals surface area contributed by atoms with E-state index in [2.05, 4.69) is 34.9 Å². The van der Waals surface area contributed by atoms with E-state index in [1.54, 1.807) is 0 Å². The van der Waals surface area contributed by atoms with E-state index in [-0.39, 0.29) is 18.1 Å². The number of carbonyl (C=O) groups is 1. The molecule has 0 aromatic heterocycles. The third kappa shape index (κ3) is 3.71. The van der Waals surface area contributed by atoms with Gasteiger partial charge in [-0.3, -0.25) is 0 Å². The molecule has 120 valence electrons. The predicted molar refractivity (Wildman–Crippen MR) is 92.3 cm³/mol. The highest BCUT2D eigenvalue weighted by Crippen LogP contribution is 2.22. The minimum atomic E-state index is -0.137. The van der Waals surface area contributed by atoms with Crippen LogP contribution in [0.5, 0.6) is 0 Å². The highest BCUT2D eigenvalue weighted by Gasteiger charge is 2.25. The largest absolute Gasteiger partial charge is 0.327 e. The molecular formula is C19H23N3O. The second-order valence-corrected chi connectivity index (χ2v) is 5.96. The number of carbonyl (C=O) groups excluding carboxylic acids is 1. The summed E-state index contributed by atoms with van der Waals surface area (Å²) in [5.74, 6) is 0. The highest BCUT2D eigenvalue weighted by molar-refractivity contribution is 5.75. The van der Waals surface area contributed by atoms with Gasteiger partial charge < -0.3 is 15.5 Å². The molecule has 4 heteroatoms. The number of urea groups is 1. The second-order valence-electron chi connectivity index (χ2n) is 5.96. The van der Waals surface area contributed by atoms with Gasteiger partial charge in [-0.05, 0) is 24.1 Å². The monoisotopic (exact) mass is 309 g/mol. The Morgan fingerprint density at radius 3 is 2.13 bits per heavy atom. The molecule has 1 fully saturated rings. The maximum Gasteiger partial charge on any atom is 0.318 e. The van der Waals surface area contributed by atoms with E-state index < -0.39 is 0 Å². The first-order valence-electron chi connectivity index (χ1n) is 8.09. The summed E-state index contributed by atoms with van der Waals surface area (Å²) < 4.78 is 0. The summed E-state index contributed by atoms with van der Waals surface area (Å²) in [6.07, 6.45) is 1.01. The zero-order chi connectivity index (χ0) is 16.1.